The molecule has 0 spiro atoms. The molecule has 0 radical (unpaired) electrons. The maximum atomic E-state index is 13.3. The third-order valence-corrected chi connectivity index (χ3v) is 6.31. The molecular formula is C25H27ClN4O4S. The molecule has 4 aromatic rings. The largest absolute Gasteiger partial charge is 0.497 e. The van der Waals surface area contributed by atoms with Crippen molar-refractivity contribution in [2.45, 2.75) is 13.0 Å². The molecule has 1 amide bonds. The monoisotopic (exact) mass is 514 g/mol. The highest BCUT2D eigenvalue weighted by Gasteiger charge is 2.18. The summed E-state index contributed by atoms with van der Waals surface area (Å²) in [6.07, 6.45) is 9.51. The Labute approximate surface area is 214 Å². The van der Waals surface area contributed by atoms with E-state index in [2.05, 4.69) is 4.98 Å². The quantitative estimate of drug-likeness (QED) is 0.275. The van der Waals surface area contributed by atoms with Gasteiger partial charge in [0.1, 0.15) is 5.75 Å². The molecule has 0 N–H and O–H groups in total. The van der Waals surface area contributed by atoms with Crippen LogP contribution in [0.25, 0.3) is 16.3 Å². The smallest absolute Gasteiger partial charge is 0.252 e. The number of benzene rings is 2. The number of nitrogens with zero attached hydrogens (tertiary/aromatic N) is 4. The molecule has 8 nitrogen and oxygen atoms in total. The molecule has 0 aliphatic rings. The number of hydrogen-bond acceptors (Lipinski definition) is 7. The van der Waals surface area contributed by atoms with Gasteiger partial charge < -0.3 is 18.8 Å². The van der Waals surface area contributed by atoms with Crippen LogP contribution in [0.4, 0.5) is 5.13 Å². The zero-order valence-electron chi connectivity index (χ0n) is 19.7. The molecule has 2 aromatic heterocycles. The van der Waals surface area contributed by atoms with E-state index in [1.54, 1.807) is 50.9 Å². The van der Waals surface area contributed by atoms with Gasteiger partial charge in [0.15, 0.2) is 16.6 Å². The van der Waals surface area contributed by atoms with Gasteiger partial charge in [-0.3, -0.25) is 9.69 Å². The Morgan fingerprint density at radius 2 is 1.91 bits per heavy atom. The van der Waals surface area contributed by atoms with Gasteiger partial charge in [0.05, 0.1) is 37.9 Å². The van der Waals surface area contributed by atoms with Crippen LogP contribution in [0.1, 0.15) is 12.0 Å². The van der Waals surface area contributed by atoms with E-state index in [0.717, 1.165) is 34.5 Å². The lowest BCUT2D eigenvalue weighted by atomic mass is 10.2. The summed E-state index contributed by atoms with van der Waals surface area (Å²) in [5.41, 5.74) is 1.66. The van der Waals surface area contributed by atoms with E-state index in [0.29, 0.717) is 23.2 Å². The number of rotatable bonds is 10. The highest BCUT2D eigenvalue weighted by molar-refractivity contribution is 7.22. The van der Waals surface area contributed by atoms with Gasteiger partial charge in [-0.2, -0.15) is 0 Å². The van der Waals surface area contributed by atoms with Crippen LogP contribution < -0.4 is 19.1 Å². The fourth-order valence-electron chi connectivity index (χ4n) is 3.48. The summed E-state index contributed by atoms with van der Waals surface area (Å²) >= 11 is 1.47. The van der Waals surface area contributed by atoms with Crippen LogP contribution in [-0.4, -0.2) is 48.3 Å². The summed E-state index contributed by atoms with van der Waals surface area (Å²) < 4.78 is 18.9. The van der Waals surface area contributed by atoms with Gasteiger partial charge in [-0.15, -0.1) is 12.4 Å². The van der Waals surface area contributed by atoms with E-state index >= 15 is 0 Å². The summed E-state index contributed by atoms with van der Waals surface area (Å²) in [5, 5.41) is 0.649. The first-order valence-corrected chi connectivity index (χ1v) is 11.5. The first-order chi connectivity index (χ1) is 16.6. The second kappa shape index (κ2) is 12.2. The van der Waals surface area contributed by atoms with Gasteiger partial charge in [-0.05, 0) is 48.4 Å². The number of fused-ring (bicyclic) bond motifs is 1. The number of ether oxygens (including phenoxy) is 3. The summed E-state index contributed by atoms with van der Waals surface area (Å²) in [7, 11) is 4.81. The molecule has 0 aliphatic carbocycles. The number of hydrogen-bond donors (Lipinski definition) is 0. The Hall–Kier alpha value is -3.56. The summed E-state index contributed by atoms with van der Waals surface area (Å²) in [4.78, 5) is 23.8. The average molecular weight is 515 g/mol. The van der Waals surface area contributed by atoms with E-state index < -0.39 is 0 Å². The molecule has 0 saturated heterocycles. The molecular weight excluding hydrogens is 488 g/mol. The number of methoxy groups -OCH3 is 3. The summed E-state index contributed by atoms with van der Waals surface area (Å²) in [5.74, 6) is 1.85. The first kappa shape index (κ1) is 26.1. The Morgan fingerprint density at radius 1 is 1.09 bits per heavy atom. The van der Waals surface area contributed by atoms with Crippen molar-refractivity contribution in [2.24, 2.45) is 0 Å². The summed E-state index contributed by atoms with van der Waals surface area (Å²) in [6, 6.07) is 11.2. The fourth-order valence-corrected chi connectivity index (χ4v) is 4.51. The van der Waals surface area contributed by atoms with E-state index in [1.165, 1.54) is 11.3 Å². The number of amides is 1. The number of anilines is 1. The molecule has 0 unspecified atom stereocenters. The van der Waals surface area contributed by atoms with Gasteiger partial charge in [0, 0.05) is 31.6 Å². The van der Waals surface area contributed by atoms with Crippen molar-refractivity contribution >= 4 is 51.1 Å². The minimum absolute atomic E-state index is 0. The third kappa shape index (κ3) is 6.32. The molecule has 35 heavy (non-hydrogen) atoms. The van der Waals surface area contributed by atoms with E-state index in [1.807, 2.05) is 47.2 Å². The van der Waals surface area contributed by atoms with Crippen LogP contribution in [-0.2, 0) is 11.3 Å². The molecule has 0 bridgehead atoms. The minimum Gasteiger partial charge on any atom is -0.497 e. The highest BCUT2D eigenvalue weighted by Crippen LogP contribution is 2.32. The Balaban J connectivity index is 0.00000342. The average Bonchev–Trinajstić information content (AvgIpc) is 3.54. The number of carbonyl (C=O) groups is 1. The molecule has 184 valence electrons. The van der Waals surface area contributed by atoms with E-state index in [4.69, 9.17) is 19.2 Å². The van der Waals surface area contributed by atoms with Crippen LogP contribution in [0.5, 0.6) is 17.2 Å². The predicted octanol–water partition coefficient (Wildman–Crippen LogP) is 5.08. The molecule has 0 aliphatic heterocycles. The lowest BCUT2D eigenvalue weighted by Gasteiger charge is -2.18. The molecule has 4 rings (SSSR count). The maximum absolute atomic E-state index is 13.3. The van der Waals surface area contributed by atoms with Crippen molar-refractivity contribution in [1.29, 1.82) is 0 Å². The van der Waals surface area contributed by atoms with Gasteiger partial charge in [0.25, 0.3) is 5.91 Å². The van der Waals surface area contributed by atoms with Gasteiger partial charge in [-0.25, -0.2) is 9.97 Å². The SMILES string of the molecule is COc1ccc2nc(N(CCCn3ccnc3)C(=O)/C=C/c3ccc(OC)c(OC)c3)sc2c1.Cl. The maximum Gasteiger partial charge on any atom is 0.252 e. The molecule has 0 saturated carbocycles. The predicted molar refractivity (Wildman–Crippen MR) is 141 cm³/mol. The second-order valence-corrected chi connectivity index (χ2v) is 8.43. The van der Waals surface area contributed by atoms with Crippen molar-refractivity contribution in [3.63, 3.8) is 0 Å². The number of carbonyl (C=O) groups excluding carboxylic acids is 1. The van der Waals surface area contributed by atoms with Gasteiger partial charge in [0.2, 0.25) is 0 Å². The van der Waals surface area contributed by atoms with Crippen molar-refractivity contribution in [3.05, 3.63) is 66.8 Å². The van der Waals surface area contributed by atoms with Crippen LogP contribution in [0.3, 0.4) is 0 Å². The number of aromatic nitrogens is 3. The van der Waals surface area contributed by atoms with E-state index in [9.17, 15) is 4.79 Å². The number of imidazole rings is 1. The lowest BCUT2D eigenvalue weighted by molar-refractivity contribution is -0.114. The second-order valence-electron chi connectivity index (χ2n) is 7.42. The van der Waals surface area contributed by atoms with Crippen LogP contribution in [0.15, 0.2) is 61.2 Å². The van der Waals surface area contributed by atoms with Crippen molar-refractivity contribution in [1.82, 2.24) is 14.5 Å². The standard InChI is InChI=1S/C25H26N4O4S.ClH/c1-31-19-7-8-20-23(16-19)34-25(27-20)29(13-4-12-28-14-11-26-17-28)24(30)10-6-18-5-9-21(32-2)22(15-18)33-3;/h5-11,14-17H,4,12-13H2,1-3H3;1H/b10-6+;. The Bertz CT molecular complexity index is 1290. The molecule has 0 atom stereocenters. The number of thiazole rings is 1. The first-order valence-electron chi connectivity index (χ1n) is 10.7. The highest BCUT2D eigenvalue weighted by atomic mass is 35.5. The minimum atomic E-state index is -0.147. The van der Waals surface area contributed by atoms with Crippen molar-refractivity contribution in [3.8, 4) is 17.2 Å². The molecule has 0 fully saturated rings. The number of aryl methyl sites for hydroxylation is 1. The van der Waals surface area contributed by atoms with Crippen LogP contribution in [0, 0.1) is 0 Å². The summed E-state index contributed by atoms with van der Waals surface area (Å²) in [6.45, 7) is 1.27. The molecule has 10 heteroatoms. The fraction of sp³-hybridized carbons (Fsp3) is 0.240. The molecule has 2 heterocycles. The topological polar surface area (TPSA) is 78.7 Å². The van der Waals surface area contributed by atoms with Crippen molar-refractivity contribution in [2.75, 3.05) is 32.8 Å². The van der Waals surface area contributed by atoms with Gasteiger partial charge >= 0.3 is 0 Å². The lowest BCUT2D eigenvalue weighted by Crippen LogP contribution is -2.30. The normalized spacial score (nSPS) is 10.8. The van der Waals surface area contributed by atoms with Gasteiger partial charge in [-0.1, -0.05) is 17.4 Å². The van der Waals surface area contributed by atoms with Crippen LogP contribution in [0.2, 0.25) is 0 Å². The zero-order valence-corrected chi connectivity index (χ0v) is 21.3. The number of halogens is 1. The molecule has 2 aromatic carbocycles. The van der Waals surface area contributed by atoms with E-state index in [-0.39, 0.29) is 18.3 Å². The van der Waals surface area contributed by atoms with Crippen LogP contribution >= 0.6 is 23.7 Å². The Kier molecular flexibility index (Phi) is 9.11. The van der Waals surface area contributed by atoms with Crippen molar-refractivity contribution < 1.29 is 19.0 Å². The third-order valence-electron chi connectivity index (χ3n) is 5.26. The zero-order chi connectivity index (χ0) is 23.9. The Morgan fingerprint density at radius 3 is 2.63 bits per heavy atom.